The summed E-state index contributed by atoms with van der Waals surface area (Å²) >= 11 is 0. The maximum absolute atomic E-state index is 12.1. The van der Waals surface area contributed by atoms with Crippen molar-refractivity contribution in [2.24, 2.45) is 0 Å². The Bertz CT molecular complexity index is 484. The highest BCUT2D eigenvalue weighted by molar-refractivity contribution is 5.93. The van der Waals surface area contributed by atoms with Gasteiger partial charge in [0.1, 0.15) is 0 Å². The first-order valence-corrected chi connectivity index (χ1v) is 6.74. The first-order chi connectivity index (χ1) is 9.26. The van der Waals surface area contributed by atoms with Crippen LogP contribution in [0.3, 0.4) is 0 Å². The predicted octanol–water partition coefficient (Wildman–Crippen LogP) is 2.25. The first-order valence-electron chi connectivity index (χ1n) is 6.74. The van der Waals surface area contributed by atoms with Gasteiger partial charge < -0.3 is 20.3 Å². The second-order valence-corrected chi connectivity index (χ2v) is 5.07. The second kappa shape index (κ2) is 5.09. The van der Waals surface area contributed by atoms with Crippen molar-refractivity contribution in [1.29, 1.82) is 0 Å². The van der Waals surface area contributed by atoms with Crippen LogP contribution < -0.4 is 10.6 Å². The minimum Gasteiger partial charge on any atom is -0.388 e. The summed E-state index contributed by atoms with van der Waals surface area (Å²) in [7, 11) is 1.87. The zero-order valence-corrected chi connectivity index (χ0v) is 11.1. The molecule has 5 nitrogen and oxygen atoms in total. The van der Waals surface area contributed by atoms with Crippen LogP contribution in [0.1, 0.15) is 18.4 Å². The summed E-state index contributed by atoms with van der Waals surface area (Å²) in [5.74, 6) is 0. The summed E-state index contributed by atoms with van der Waals surface area (Å²) < 4.78 is 5.60. The van der Waals surface area contributed by atoms with E-state index >= 15 is 0 Å². The monoisotopic (exact) mass is 261 g/mol. The Kier molecular flexibility index (Phi) is 3.29. The normalized spacial score (nSPS) is 22.1. The van der Waals surface area contributed by atoms with Crippen LogP contribution in [0.5, 0.6) is 0 Å². The third-order valence-corrected chi connectivity index (χ3v) is 3.74. The molecule has 2 heterocycles. The van der Waals surface area contributed by atoms with Gasteiger partial charge in [0.2, 0.25) is 0 Å². The van der Waals surface area contributed by atoms with E-state index in [0.717, 1.165) is 36.4 Å². The van der Waals surface area contributed by atoms with Crippen molar-refractivity contribution in [3.8, 4) is 0 Å². The maximum Gasteiger partial charge on any atom is 0.322 e. The van der Waals surface area contributed by atoms with E-state index in [1.165, 1.54) is 0 Å². The third-order valence-electron chi connectivity index (χ3n) is 3.74. The number of rotatable bonds is 3. The zero-order chi connectivity index (χ0) is 13.2. The van der Waals surface area contributed by atoms with Crippen molar-refractivity contribution < 1.29 is 9.53 Å². The van der Waals surface area contributed by atoms with Crippen molar-refractivity contribution in [2.75, 3.05) is 30.8 Å². The van der Waals surface area contributed by atoms with Crippen molar-refractivity contribution in [1.82, 2.24) is 4.90 Å². The van der Waals surface area contributed by atoms with Crippen LogP contribution in [0.25, 0.3) is 0 Å². The molecule has 1 aromatic carbocycles. The quantitative estimate of drug-likeness (QED) is 0.877. The summed E-state index contributed by atoms with van der Waals surface area (Å²) in [5.41, 5.74) is 3.06. The molecule has 2 aliphatic heterocycles. The Morgan fingerprint density at radius 3 is 3.16 bits per heavy atom. The van der Waals surface area contributed by atoms with Crippen LogP contribution in [-0.4, -0.2) is 37.2 Å². The van der Waals surface area contributed by atoms with E-state index in [1.54, 1.807) is 0 Å². The highest BCUT2D eigenvalue weighted by Gasteiger charge is 2.26. The van der Waals surface area contributed by atoms with Gasteiger partial charge in [0, 0.05) is 38.1 Å². The van der Waals surface area contributed by atoms with Crippen molar-refractivity contribution in [2.45, 2.75) is 25.5 Å². The summed E-state index contributed by atoms with van der Waals surface area (Å²) in [4.78, 5) is 13.9. The number of fused-ring (bicyclic) bond motifs is 1. The molecule has 0 spiro atoms. The highest BCUT2D eigenvalue weighted by atomic mass is 16.5. The van der Waals surface area contributed by atoms with Gasteiger partial charge >= 0.3 is 6.03 Å². The average Bonchev–Trinajstić information content (AvgIpc) is 2.92. The van der Waals surface area contributed by atoms with Gasteiger partial charge in [-0.2, -0.15) is 0 Å². The van der Waals surface area contributed by atoms with Crippen LogP contribution in [-0.2, 0) is 11.3 Å². The Hall–Kier alpha value is -1.75. The minimum atomic E-state index is -0.0312. The Labute approximate surface area is 112 Å². The fourth-order valence-electron chi connectivity index (χ4n) is 2.64. The van der Waals surface area contributed by atoms with E-state index in [-0.39, 0.29) is 12.1 Å². The average molecular weight is 261 g/mol. The molecule has 5 heteroatoms. The summed E-state index contributed by atoms with van der Waals surface area (Å²) in [6, 6.07) is 6.02. The van der Waals surface area contributed by atoms with Gasteiger partial charge in [-0.3, -0.25) is 0 Å². The van der Waals surface area contributed by atoms with E-state index in [1.807, 2.05) is 24.1 Å². The van der Waals surface area contributed by atoms with E-state index in [9.17, 15) is 4.79 Å². The number of carbonyl (C=O) groups excluding carboxylic acids is 1. The number of carbonyl (C=O) groups is 1. The number of hydrogen-bond donors (Lipinski definition) is 2. The fraction of sp³-hybridized carbons (Fsp3) is 0.500. The Balaban J connectivity index is 1.74. The van der Waals surface area contributed by atoms with Crippen molar-refractivity contribution >= 4 is 17.4 Å². The third kappa shape index (κ3) is 2.51. The lowest BCUT2D eigenvalue weighted by Gasteiger charge is -2.31. The van der Waals surface area contributed by atoms with E-state index in [2.05, 4.69) is 16.7 Å². The molecule has 102 valence electrons. The van der Waals surface area contributed by atoms with Gasteiger partial charge in [0.05, 0.1) is 6.10 Å². The summed E-state index contributed by atoms with van der Waals surface area (Å²) in [6.07, 6.45) is 2.35. The van der Waals surface area contributed by atoms with Crippen molar-refractivity contribution in [3.63, 3.8) is 0 Å². The molecule has 0 radical (unpaired) electrons. The van der Waals surface area contributed by atoms with Crippen molar-refractivity contribution in [3.05, 3.63) is 23.8 Å². The number of nitrogens with one attached hydrogen (secondary N) is 2. The fourth-order valence-corrected chi connectivity index (χ4v) is 2.64. The number of amides is 2. The summed E-state index contributed by atoms with van der Waals surface area (Å²) in [6.45, 7) is 2.16. The predicted molar refractivity (Wildman–Crippen MR) is 74.4 cm³/mol. The van der Waals surface area contributed by atoms with E-state index in [4.69, 9.17) is 4.74 Å². The molecule has 1 unspecified atom stereocenters. The van der Waals surface area contributed by atoms with E-state index < -0.39 is 0 Å². The molecule has 19 heavy (non-hydrogen) atoms. The lowest BCUT2D eigenvalue weighted by Crippen LogP contribution is -2.42. The standard InChI is InChI=1S/C14H19N3O2/c1-15-11-5-4-10-8-17(9-12-3-2-6-19-12)14(18)16-13(10)7-11/h4-5,7,12,15H,2-3,6,8-9H2,1H3,(H,16,18). The Morgan fingerprint density at radius 2 is 2.42 bits per heavy atom. The number of benzene rings is 1. The molecular weight excluding hydrogens is 242 g/mol. The SMILES string of the molecule is CNc1ccc2c(c1)NC(=O)N(CC1CCCO1)C2. The molecule has 1 atom stereocenters. The van der Waals surface area contributed by atoms with Gasteiger partial charge in [0.25, 0.3) is 0 Å². The molecule has 0 aromatic heterocycles. The number of ether oxygens (including phenoxy) is 1. The van der Waals surface area contributed by atoms with Gasteiger partial charge in [0.15, 0.2) is 0 Å². The van der Waals surface area contributed by atoms with Crippen LogP contribution in [0, 0.1) is 0 Å². The number of anilines is 2. The topological polar surface area (TPSA) is 53.6 Å². The molecule has 1 aromatic rings. The largest absolute Gasteiger partial charge is 0.388 e. The number of hydrogen-bond acceptors (Lipinski definition) is 3. The van der Waals surface area contributed by atoms with Crippen LogP contribution in [0.2, 0.25) is 0 Å². The molecule has 0 aliphatic carbocycles. The van der Waals surface area contributed by atoms with Crippen LogP contribution in [0.4, 0.5) is 16.2 Å². The molecule has 2 aliphatic rings. The van der Waals surface area contributed by atoms with Gasteiger partial charge in [-0.15, -0.1) is 0 Å². The highest BCUT2D eigenvalue weighted by Crippen LogP contribution is 2.27. The molecule has 1 fully saturated rings. The Morgan fingerprint density at radius 1 is 1.53 bits per heavy atom. The first kappa shape index (κ1) is 12.3. The van der Waals surface area contributed by atoms with Gasteiger partial charge in [-0.1, -0.05) is 6.07 Å². The van der Waals surface area contributed by atoms with E-state index in [0.29, 0.717) is 13.1 Å². The molecular formula is C14H19N3O2. The number of urea groups is 1. The molecule has 0 saturated carbocycles. The maximum atomic E-state index is 12.1. The summed E-state index contributed by atoms with van der Waals surface area (Å²) in [5, 5.41) is 6.03. The molecule has 2 amide bonds. The second-order valence-electron chi connectivity index (χ2n) is 5.07. The lowest BCUT2D eigenvalue weighted by molar-refractivity contribution is 0.0812. The lowest BCUT2D eigenvalue weighted by atomic mass is 10.1. The zero-order valence-electron chi connectivity index (χ0n) is 11.1. The van der Waals surface area contributed by atoms with Gasteiger partial charge in [-0.05, 0) is 30.5 Å². The van der Waals surface area contributed by atoms with Crippen LogP contribution >= 0.6 is 0 Å². The molecule has 0 bridgehead atoms. The van der Waals surface area contributed by atoms with Gasteiger partial charge in [-0.25, -0.2) is 4.79 Å². The minimum absolute atomic E-state index is 0.0312. The molecule has 1 saturated heterocycles. The smallest absolute Gasteiger partial charge is 0.322 e. The number of nitrogens with zero attached hydrogens (tertiary/aromatic N) is 1. The van der Waals surface area contributed by atoms with Crippen LogP contribution in [0.15, 0.2) is 18.2 Å². The molecule has 3 rings (SSSR count). The molecule has 2 N–H and O–H groups in total.